The Morgan fingerprint density at radius 1 is 1.53 bits per heavy atom. The minimum absolute atomic E-state index is 0.156. The Kier molecular flexibility index (Phi) is 4.28. The molecule has 0 spiro atoms. The Bertz CT molecular complexity index is 454. The largest absolute Gasteiger partial charge is 0.377 e. The second kappa shape index (κ2) is 5.61. The lowest BCUT2D eigenvalue weighted by Gasteiger charge is -2.42. The van der Waals surface area contributed by atoms with Crippen molar-refractivity contribution in [1.82, 2.24) is 9.97 Å². The molecule has 1 aliphatic heterocycles. The van der Waals surface area contributed by atoms with Crippen molar-refractivity contribution in [2.75, 3.05) is 25.1 Å². The molecular formula is C13H20ClN3O2. The number of hydrogen-bond acceptors (Lipinski definition) is 5. The molecule has 1 atom stereocenters. The van der Waals surface area contributed by atoms with Gasteiger partial charge in [0.25, 0.3) is 0 Å². The van der Waals surface area contributed by atoms with Gasteiger partial charge in [-0.1, -0.05) is 11.6 Å². The summed E-state index contributed by atoms with van der Waals surface area (Å²) in [6, 6.07) is 1.79. The zero-order valence-corrected chi connectivity index (χ0v) is 12.6. The van der Waals surface area contributed by atoms with E-state index in [1.54, 1.807) is 13.2 Å². The molecule has 0 bridgehead atoms. The van der Waals surface area contributed by atoms with Gasteiger partial charge >= 0.3 is 0 Å². The Labute approximate surface area is 118 Å². The number of nitrogens with zero attached hydrogens (tertiary/aromatic N) is 3. The van der Waals surface area contributed by atoms with E-state index in [-0.39, 0.29) is 11.7 Å². The molecule has 0 N–H and O–H groups in total. The van der Waals surface area contributed by atoms with Gasteiger partial charge in [0, 0.05) is 26.3 Å². The van der Waals surface area contributed by atoms with Crippen LogP contribution in [0.1, 0.15) is 26.6 Å². The number of methoxy groups -OCH3 is 1. The van der Waals surface area contributed by atoms with Crippen LogP contribution in [0.3, 0.4) is 0 Å². The van der Waals surface area contributed by atoms with Gasteiger partial charge in [0.05, 0.1) is 11.7 Å². The highest BCUT2D eigenvalue weighted by Gasteiger charge is 2.32. The zero-order valence-electron chi connectivity index (χ0n) is 11.8. The van der Waals surface area contributed by atoms with E-state index < -0.39 is 0 Å². The van der Waals surface area contributed by atoms with Crippen LogP contribution in [-0.2, 0) is 16.1 Å². The second-order valence-electron chi connectivity index (χ2n) is 5.47. The Morgan fingerprint density at radius 3 is 2.89 bits per heavy atom. The quantitative estimate of drug-likeness (QED) is 0.798. The van der Waals surface area contributed by atoms with Crippen molar-refractivity contribution in [2.24, 2.45) is 0 Å². The molecule has 0 amide bonds. The van der Waals surface area contributed by atoms with Crippen molar-refractivity contribution >= 4 is 17.4 Å². The van der Waals surface area contributed by atoms with Crippen molar-refractivity contribution in [3.63, 3.8) is 0 Å². The monoisotopic (exact) mass is 285 g/mol. The number of hydrogen-bond donors (Lipinski definition) is 0. The summed E-state index contributed by atoms with van der Waals surface area (Å²) in [5.41, 5.74) is -0.198. The SMILES string of the molecule is COCc1nc(Cl)cc(N2CC(C)OC(C)(C)C2)n1. The van der Waals surface area contributed by atoms with E-state index in [2.05, 4.69) is 35.6 Å². The summed E-state index contributed by atoms with van der Waals surface area (Å²) in [6.07, 6.45) is 0.156. The highest BCUT2D eigenvalue weighted by molar-refractivity contribution is 6.29. The molecule has 0 aliphatic carbocycles. The highest BCUT2D eigenvalue weighted by atomic mass is 35.5. The smallest absolute Gasteiger partial charge is 0.158 e. The molecule has 19 heavy (non-hydrogen) atoms. The lowest BCUT2D eigenvalue weighted by Crippen LogP contribution is -2.52. The third-order valence-electron chi connectivity index (χ3n) is 2.89. The first-order chi connectivity index (χ1) is 8.89. The van der Waals surface area contributed by atoms with Crippen LogP contribution in [0.25, 0.3) is 0 Å². The van der Waals surface area contributed by atoms with E-state index in [0.717, 1.165) is 18.9 Å². The van der Waals surface area contributed by atoms with Gasteiger partial charge in [-0.15, -0.1) is 0 Å². The Morgan fingerprint density at radius 2 is 2.26 bits per heavy atom. The molecule has 1 aliphatic rings. The zero-order chi connectivity index (χ0) is 14.0. The van der Waals surface area contributed by atoms with Crippen molar-refractivity contribution in [3.05, 3.63) is 17.0 Å². The van der Waals surface area contributed by atoms with Crippen LogP contribution in [0.4, 0.5) is 5.82 Å². The van der Waals surface area contributed by atoms with Crippen LogP contribution in [0.2, 0.25) is 5.15 Å². The molecule has 0 aromatic carbocycles. The van der Waals surface area contributed by atoms with Crippen molar-refractivity contribution in [1.29, 1.82) is 0 Å². The minimum atomic E-state index is -0.198. The average Bonchev–Trinajstić information content (AvgIpc) is 2.25. The first-order valence-electron chi connectivity index (χ1n) is 6.35. The third-order valence-corrected chi connectivity index (χ3v) is 3.09. The predicted octanol–water partition coefficient (Wildman–Crippen LogP) is 2.28. The molecule has 1 fully saturated rings. The maximum atomic E-state index is 6.05. The number of morpholine rings is 1. The van der Waals surface area contributed by atoms with Gasteiger partial charge < -0.3 is 14.4 Å². The molecule has 1 aromatic heterocycles. The molecule has 2 rings (SSSR count). The maximum absolute atomic E-state index is 6.05. The fourth-order valence-electron chi connectivity index (χ4n) is 2.44. The van der Waals surface area contributed by atoms with Crippen LogP contribution in [0, 0.1) is 0 Å². The lowest BCUT2D eigenvalue weighted by molar-refractivity contribution is -0.0751. The summed E-state index contributed by atoms with van der Waals surface area (Å²) in [5.74, 6) is 1.43. The molecule has 5 nitrogen and oxygen atoms in total. The Hall–Kier alpha value is -0.910. The van der Waals surface area contributed by atoms with Gasteiger partial charge in [-0.25, -0.2) is 9.97 Å². The van der Waals surface area contributed by atoms with Crippen molar-refractivity contribution < 1.29 is 9.47 Å². The molecule has 6 heteroatoms. The van der Waals surface area contributed by atoms with Gasteiger partial charge in [0.2, 0.25) is 0 Å². The van der Waals surface area contributed by atoms with Crippen LogP contribution < -0.4 is 4.90 Å². The van der Waals surface area contributed by atoms with Crippen LogP contribution in [-0.4, -0.2) is 41.9 Å². The molecular weight excluding hydrogens is 266 g/mol. The maximum Gasteiger partial charge on any atom is 0.158 e. The first-order valence-corrected chi connectivity index (χ1v) is 6.72. The van der Waals surface area contributed by atoms with Crippen LogP contribution >= 0.6 is 11.6 Å². The molecule has 106 valence electrons. The lowest BCUT2D eigenvalue weighted by atomic mass is 10.1. The number of ether oxygens (including phenoxy) is 2. The fraction of sp³-hybridized carbons (Fsp3) is 0.692. The van der Waals surface area contributed by atoms with Gasteiger partial charge in [0.15, 0.2) is 5.82 Å². The summed E-state index contributed by atoms with van der Waals surface area (Å²) in [7, 11) is 1.61. The van der Waals surface area contributed by atoms with E-state index in [4.69, 9.17) is 21.1 Å². The third kappa shape index (κ3) is 3.78. The number of halogens is 1. The van der Waals surface area contributed by atoms with Crippen molar-refractivity contribution in [3.8, 4) is 0 Å². The number of anilines is 1. The summed E-state index contributed by atoms with van der Waals surface area (Å²) in [5, 5.41) is 0.439. The average molecular weight is 286 g/mol. The Balaban J connectivity index is 2.25. The first kappa shape index (κ1) is 14.5. The van der Waals surface area contributed by atoms with Gasteiger partial charge in [-0.3, -0.25) is 0 Å². The molecule has 1 unspecified atom stereocenters. The van der Waals surface area contributed by atoms with E-state index in [9.17, 15) is 0 Å². The van der Waals surface area contributed by atoms with Gasteiger partial charge in [0.1, 0.15) is 17.6 Å². The highest BCUT2D eigenvalue weighted by Crippen LogP contribution is 2.26. The fourth-order valence-corrected chi connectivity index (χ4v) is 2.63. The van der Waals surface area contributed by atoms with E-state index in [0.29, 0.717) is 17.6 Å². The normalized spacial score (nSPS) is 22.6. The van der Waals surface area contributed by atoms with E-state index in [1.807, 2.05) is 0 Å². The summed E-state index contributed by atoms with van der Waals surface area (Å²) >= 11 is 6.05. The van der Waals surface area contributed by atoms with Gasteiger partial charge in [-0.05, 0) is 20.8 Å². The molecule has 0 radical (unpaired) electrons. The topological polar surface area (TPSA) is 47.5 Å². The summed E-state index contributed by atoms with van der Waals surface area (Å²) in [4.78, 5) is 10.8. The molecule has 1 saturated heterocycles. The van der Waals surface area contributed by atoms with E-state index in [1.165, 1.54) is 0 Å². The second-order valence-corrected chi connectivity index (χ2v) is 5.85. The van der Waals surface area contributed by atoms with Gasteiger partial charge in [-0.2, -0.15) is 0 Å². The summed E-state index contributed by atoms with van der Waals surface area (Å²) in [6.45, 7) is 8.15. The van der Waals surface area contributed by atoms with E-state index >= 15 is 0 Å². The van der Waals surface area contributed by atoms with Crippen LogP contribution in [0.15, 0.2) is 6.07 Å². The van der Waals surface area contributed by atoms with Crippen LogP contribution in [0.5, 0.6) is 0 Å². The van der Waals surface area contributed by atoms with Crippen molar-refractivity contribution in [2.45, 2.75) is 39.1 Å². The molecule has 2 heterocycles. The predicted molar refractivity (Wildman–Crippen MR) is 74.6 cm³/mol. The number of rotatable bonds is 3. The standard InChI is InChI=1S/C13H20ClN3O2/c1-9-6-17(8-13(2,3)19-9)12-5-10(14)15-11(16-12)7-18-4/h5,9H,6-8H2,1-4H3. The number of aromatic nitrogens is 2. The molecule has 1 aromatic rings. The minimum Gasteiger partial charge on any atom is -0.377 e. The molecule has 0 saturated carbocycles. The summed E-state index contributed by atoms with van der Waals surface area (Å²) < 4.78 is 11.0.